The average molecular weight is 132 g/mol. The van der Waals surface area contributed by atoms with Crippen LogP contribution in [0.15, 0.2) is 0 Å². The molecular weight excluding hydrogens is 122 g/mol. The Kier molecular flexibility index (Phi) is 3.68. The van der Waals surface area contributed by atoms with Gasteiger partial charge in [0.2, 0.25) is 0 Å². The van der Waals surface area contributed by atoms with Crippen molar-refractivity contribution >= 4 is 12.4 Å². The number of terminal acetylenes is 1. The Labute approximate surface area is 56.3 Å². The van der Waals surface area contributed by atoms with Gasteiger partial charge in [-0.15, -0.1) is 18.8 Å². The number of nitrogens with one attached hydrogen (secondary N) is 1. The van der Waals surface area contributed by atoms with Crippen LogP contribution in [0.4, 0.5) is 0 Å². The third-order valence-corrected chi connectivity index (χ3v) is 1.26. The summed E-state index contributed by atoms with van der Waals surface area (Å²) < 4.78 is 0. The van der Waals surface area contributed by atoms with E-state index in [0.29, 0.717) is 6.04 Å². The predicted octanol–water partition coefficient (Wildman–Crippen LogP) is 0.793. The van der Waals surface area contributed by atoms with Crippen LogP contribution in [0.2, 0.25) is 0 Å². The van der Waals surface area contributed by atoms with Crippen LogP contribution in [0.1, 0.15) is 12.8 Å². The van der Waals surface area contributed by atoms with Gasteiger partial charge in [-0.25, -0.2) is 0 Å². The van der Waals surface area contributed by atoms with Crippen LogP contribution < -0.4 is 5.32 Å². The molecule has 1 saturated heterocycles. The molecule has 0 radical (unpaired) electrons. The van der Waals surface area contributed by atoms with E-state index in [1.165, 1.54) is 6.42 Å². The van der Waals surface area contributed by atoms with E-state index in [4.69, 9.17) is 6.42 Å². The average Bonchev–Trinajstić information content (AvgIpc) is 2.14. The van der Waals surface area contributed by atoms with Gasteiger partial charge >= 0.3 is 0 Å². The first kappa shape index (κ1) is 7.81. The maximum atomic E-state index is 5.12. The minimum Gasteiger partial charge on any atom is -0.304 e. The van der Waals surface area contributed by atoms with Crippen LogP contribution in [0, 0.1) is 12.3 Å². The lowest BCUT2D eigenvalue weighted by Crippen LogP contribution is -2.18. The summed E-state index contributed by atoms with van der Waals surface area (Å²) in [6.07, 6.45) is 7.53. The molecular formula is C6H10ClN. The van der Waals surface area contributed by atoms with Crippen molar-refractivity contribution in [1.29, 1.82) is 0 Å². The Morgan fingerprint density at radius 2 is 2.38 bits per heavy atom. The molecule has 1 fully saturated rings. The first-order valence-electron chi connectivity index (χ1n) is 2.63. The van der Waals surface area contributed by atoms with Gasteiger partial charge in [0.1, 0.15) is 0 Å². The number of hydrogen-bond acceptors (Lipinski definition) is 1. The minimum atomic E-state index is 0. The van der Waals surface area contributed by atoms with Crippen molar-refractivity contribution in [2.75, 3.05) is 6.54 Å². The molecule has 1 atom stereocenters. The molecule has 0 aromatic rings. The molecule has 0 aliphatic carbocycles. The lowest BCUT2D eigenvalue weighted by atomic mass is 10.2. The van der Waals surface area contributed by atoms with E-state index in [1.54, 1.807) is 0 Å². The standard InChI is InChI=1S/C6H9N.ClH/c1-2-6-4-3-5-7-6;/h1,6-7H,3-5H2;1H/t6-;/m1./s1. The molecule has 0 spiro atoms. The molecule has 0 unspecified atom stereocenters. The Balaban J connectivity index is 0.000000490. The van der Waals surface area contributed by atoms with Crippen LogP contribution in [0.25, 0.3) is 0 Å². The maximum Gasteiger partial charge on any atom is 0.0687 e. The monoisotopic (exact) mass is 131 g/mol. The van der Waals surface area contributed by atoms with Crippen molar-refractivity contribution in [2.24, 2.45) is 0 Å². The molecule has 1 nitrogen and oxygen atoms in total. The van der Waals surface area contributed by atoms with Crippen molar-refractivity contribution in [3.63, 3.8) is 0 Å². The molecule has 8 heavy (non-hydrogen) atoms. The third-order valence-electron chi connectivity index (χ3n) is 1.26. The molecule has 0 aromatic heterocycles. The van der Waals surface area contributed by atoms with E-state index >= 15 is 0 Å². The lowest BCUT2D eigenvalue weighted by Gasteiger charge is -1.94. The molecule has 2 heteroatoms. The van der Waals surface area contributed by atoms with Crippen molar-refractivity contribution in [3.05, 3.63) is 0 Å². The lowest BCUT2D eigenvalue weighted by molar-refractivity contribution is 0.749. The number of halogens is 1. The highest BCUT2D eigenvalue weighted by atomic mass is 35.5. The summed E-state index contributed by atoms with van der Waals surface area (Å²) in [7, 11) is 0. The van der Waals surface area contributed by atoms with Gasteiger partial charge < -0.3 is 5.32 Å². The molecule has 0 amide bonds. The van der Waals surface area contributed by atoms with Crippen molar-refractivity contribution < 1.29 is 0 Å². The van der Waals surface area contributed by atoms with E-state index in [1.807, 2.05) is 0 Å². The van der Waals surface area contributed by atoms with Gasteiger partial charge in [0.25, 0.3) is 0 Å². The Morgan fingerprint density at radius 3 is 2.62 bits per heavy atom. The van der Waals surface area contributed by atoms with Gasteiger partial charge in [-0.1, -0.05) is 5.92 Å². The van der Waals surface area contributed by atoms with E-state index in [2.05, 4.69) is 11.2 Å². The van der Waals surface area contributed by atoms with Gasteiger partial charge in [-0.3, -0.25) is 0 Å². The highest BCUT2D eigenvalue weighted by Crippen LogP contribution is 2.01. The van der Waals surface area contributed by atoms with Crippen molar-refractivity contribution in [1.82, 2.24) is 5.32 Å². The smallest absolute Gasteiger partial charge is 0.0687 e. The minimum absolute atomic E-state index is 0. The zero-order chi connectivity index (χ0) is 5.11. The third kappa shape index (κ3) is 1.73. The fraction of sp³-hybridized carbons (Fsp3) is 0.667. The van der Waals surface area contributed by atoms with E-state index in [9.17, 15) is 0 Å². The van der Waals surface area contributed by atoms with E-state index in [-0.39, 0.29) is 12.4 Å². The van der Waals surface area contributed by atoms with Crippen LogP contribution >= 0.6 is 12.4 Å². The Morgan fingerprint density at radius 1 is 1.62 bits per heavy atom. The van der Waals surface area contributed by atoms with Crippen LogP contribution in [0.5, 0.6) is 0 Å². The Hall–Kier alpha value is -0.190. The normalized spacial score (nSPS) is 26.1. The van der Waals surface area contributed by atoms with Crippen molar-refractivity contribution in [2.45, 2.75) is 18.9 Å². The summed E-state index contributed by atoms with van der Waals surface area (Å²) in [4.78, 5) is 0. The van der Waals surface area contributed by atoms with Crippen LogP contribution in [-0.4, -0.2) is 12.6 Å². The van der Waals surface area contributed by atoms with Crippen LogP contribution in [0.3, 0.4) is 0 Å². The van der Waals surface area contributed by atoms with Gasteiger partial charge in [0.05, 0.1) is 6.04 Å². The molecule has 1 heterocycles. The fourth-order valence-corrected chi connectivity index (χ4v) is 0.827. The maximum absolute atomic E-state index is 5.12. The first-order chi connectivity index (χ1) is 3.43. The summed E-state index contributed by atoms with van der Waals surface area (Å²) in [5.41, 5.74) is 0. The van der Waals surface area contributed by atoms with Gasteiger partial charge in [-0.2, -0.15) is 0 Å². The molecule has 1 rings (SSSR count). The molecule has 1 N–H and O–H groups in total. The largest absolute Gasteiger partial charge is 0.304 e. The second-order valence-corrected chi connectivity index (χ2v) is 1.82. The summed E-state index contributed by atoms with van der Waals surface area (Å²) in [5, 5.41) is 3.17. The highest BCUT2D eigenvalue weighted by molar-refractivity contribution is 5.85. The van der Waals surface area contributed by atoms with Crippen LogP contribution in [-0.2, 0) is 0 Å². The fourth-order valence-electron chi connectivity index (χ4n) is 0.827. The molecule has 0 saturated carbocycles. The topological polar surface area (TPSA) is 12.0 Å². The predicted molar refractivity (Wildman–Crippen MR) is 37.1 cm³/mol. The van der Waals surface area contributed by atoms with Gasteiger partial charge in [0, 0.05) is 0 Å². The zero-order valence-corrected chi connectivity index (χ0v) is 5.50. The summed E-state index contributed by atoms with van der Waals surface area (Å²) in [6.45, 7) is 1.11. The summed E-state index contributed by atoms with van der Waals surface area (Å²) >= 11 is 0. The quantitative estimate of drug-likeness (QED) is 0.480. The molecule has 1 aliphatic heterocycles. The summed E-state index contributed by atoms with van der Waals surface area (Å²) in [6, 6.07) is 0.375. The zero-order valence-electron chi connectivity index (χ0n) is 4.68. The van der Waals surface area contributed by atoms with Gasteiger partial charge in [-0.05, 0) is 19.4 Å². The van der Waals surface area contributed by atoms with E-state index < -0.39 is 0 Å². The molecule has 1 aliphatic rings. The number of hydrogen-bond donors (Lipinski definition) is 1. The highest BCUT2D eigenvalue weighted by Gasteiger charge is 2.08. The van der Waals surface area contributed by atoms with Crippen molar-refractivity contribution in [3.8, 4) is 12.3 Å². The Bertz CT molecular complexity index is 89.2. The SMILES string of the molecule is C#C[C@@H]1CCCN1.Cl. The molecule has 46 valence electrons. The molecule has 0 bridgehead atoms. The second-order valence-electron chi connectivity index (χ2n) is 1.82. The number of rotatable bonds is 0. The summed E-state index contributed by atoms with van der Waals surface area (Å²) in [5.74, 6) is 2.65. The molecule has 0 aromatic carbocycles. The van der Waals surface area contributed by atoms with Gasteiger partial charge in [0.15, 0.2) is 0 Å². The van der Waals surface area contributed by atoms with E-state index in [0.717, 1.165) is 13.0 Å². The first-order valence-corrected chi connectivity index (χ1v) is 2.63. The second kappa shape index (κ2) is 3.77.